The summed E-state index contributed by atoms with van der Waals surface area (Å²) in [6.45, 7) is 5.64. The normalized spacial score (nSPS) is 45.6. The molecule has 0 bridgehead atoms. The molecule has 0 unspecified atom stereocenters. The summed E-state index contributed by atoms with van der Waals surface area (Å²) in [7, 11) is -3.42. The number of carbonyl (C=O) groups is 2. The molecule has 5 atom stereocenters. The highest BCUT2D eigenvalue weighted by atomic mass is 32.2. The molecule has 0 aromatic carbocycles. The smallest absolute Gasteiger partial charge is 0.178 e. The third-order valence-electron chi connectivity index (χ3n) is 7.77. The molecular formula is C20H26O4S. The predicted molar refractivity (Wildman–Crippen MR) is 95.5 cm³/mol. The SMILES string of the molecule is CC1=CC(=O)[C@]2(C)[C@H]3CC[C@@H]4CC(=O)CC[C@@]4(C)C3=CC[C@@H]2S1(=O)=O. The zero-order valence-corrected chi connectivity index (χ0v) is 16.0. The van der Waals surface area contributed by atoms with E-state index in [0.717, 1.165) is 19.3 Å². The predicted octanol–water partition coefficient (Wildman–Crippen LogP) is 3.38. The molecule has 1 aliphatic heterocycles. The summed E-state index contributed by atoms with van der Waals surface area (Å²) in [4.78, 5) is 25.1. The molecule has 25 heavy (non-hydrogen) atoms. The molecular weight excluding hydrogens is 336 g/mol. The van der Waals surface area contributed by atoms with Gasteiger partial charge in [-0.2, -0.15) is 0 Å². The Morgan fingerprint density at radius 2 is 1.88 bits per heavy atom. The fraction of sp³-hybridized carbons (Fsp3) is 0.700. The van der Waals surface area contributed by atoms with E-state index in [1.807, 2.05) is 6.92 Å². The Morgan fingerprint density at radius 3 is 2.60 bits per heavy atom. The Morgan fingerprint density at radius 1 is 1.16 bits per heavy atom. The molecule has 0 spiro atoms. The summed E-state index contributed by atoms with van der Waals surface area (Å²) in [6.07, 6.45) is 7.65. The Bertz CT molecular complexity index is 834. The molecule has 4 rings (SSSR count). The van der Waals surface area contributed by atoms with Crippen molar-refractivity contribution >= 4 is 21.4 Å². The van der Waals surface area contributed by atoms with Gasteiger partial charge in [-0.3, -0.25) is 9.59 Å². The van der Waals surface area contributed by atoms with Gasteiger partial charge in [-0.25, -0.2) is 8.42 Å². The summed E-state index contributed by atoms with van der Waals surface area (Å²) < 4.78 is 25.8. The van der Waals surface area contributed by atoms with Gasteiger partial charge >= 0.3 is 0 Å². The maximum absolute atomic E-state index is 13.0. The summed E-state index contributed by atoms with van der Waals surface area (Å²) >= 11 is 0. The van der Waals surface area contributed by atoms with Crippen molar-refractivity contribution in [3.8, 4) is 0 Å². The van der Waals surface area contributed by atoms with Gasteiger partial charge in [0.15, 0.2) is 15.6 Å². The molecule has 4 nitrogen and oxygen atoms in total. The number of sulfone groups is 1. The van der Waals surface area contributed by atoms with Crippen molar-refractivity contribution in [1.82, 2.24) is 0 Å². The van der Waals surface area contributed by atoms with E-state index in [0.29, 0.717) is 31.0 Å². The highest BCUT2D eigenvalue weighted by molar-refractivity contribution is 7.96. The van der Waals surface area contributed by atoms with E-state index in [1.165, 1.54) is 18.6 Å². The molecule has 0 N–H and O–H groups in total. The van der Waals surface area contributed by atoms with Crippen LogP contribution in [0.1, 0.15) is 59.3 Å². The molecule has 0 aromatic rings. The molecule has 2 saturated carbocycles. The minimum absolute atomic E-state index is 0.0210. The minimum Gasteiger partial charge on any atom is -0.300 e. The van der Waals surface area contributed by atoms with Gasteiger partial charge in [0.1, 0.15) is 5.78 Å². The zero-order valence-electron chi connectivity index (χ0n) is 15.2. The van der Waals surface area contributed by atoms with Gasteiger partial charge in [0.05, 0.1) is 10.7 Å². The fourth-order valence-electron chi connectivity index (χ4n) is 6.05. The first-order valence-corrected chi connectivity index (χ1v) is 10.9. The van der Waals surface area contributed by atoms with E-state index in [1.54, 1.807) is 0 Å². The van der Waals surface area contributed by atoms with Crippen LogP contribution in [0.3, 0.4) is 0 Å². The van der Waals surface area contributed by atoms with Crippen molar-refractivity contribution in [1.29, 1.82) is 0 Å². The summed E-state index contributed by atoms with van der Waals surface area (Å²) in [5.41, 5.74) is 0.328. The van der Waals surface area contributed by atoms with E-state index in [9.17, 15) is 18.0 Å². The Balaban J connectivity index is 1.83. The van der Waals surface area contributed by atoms with Crippen molar-refractivity contribution in [2.45, 2.75) is 64.5 Å². The number of fused-ring (bicyclic) bond motifs is 5. The number of ketones is 2. The Labute approximate surface area is 149 Å². The first kappa shape index (κ1) is 17.2. The molecule has 4 aliphatic rings. The number of rotatable bonds is 0. The van der Waals surface area contributed by atoms with Crippen LogP contribution < -0.4 is 0 Å². The third-order valence-corrected chi connectivity index (χ3v) is 10.2. The number of carbonyl (C=O) groups excluding carboxylic acids is 2. The summed E-state index contributed by atoms with van der Waals surface area (Å²) in [6, 6.07) is 0. The van der Waals surface area contributed by atoms with E-state index in [4.69, 9.17) is 0 Å². The van der Waals surface area contributed by atoms with Crippen LogP contribution in [0, 0.1) is 22.7 Å². The van der Waals surface area contributed by atoms with Gasteiger partial charge in [-0.1, -0.05) is 25.5 Å². The average molecular weight is 362 g/mol. The number of hydrogen-bond donors (Lipinski definition) is 0. The lowest BCUT2D eigenvalue weighted by molar-refractivity contribution is -0.130. The fourth-order valence-corrected chi connectivity index (χ4v) is 8.05. The lowest BCUT2D eigenvalue weighted by Gasteiger charge is -2.57. The van der Waals surface area contributed by atoms with Gasteiger partial charge in [0.2, 0.25) is 0 Å². The molecule has 0 aromatic heterocycles. The highest BCUT2D eigenvalue weighted by Crippen LogP contribution is 2.62. The molecule has 2 fully saturated rings. The van der Waals surface area contributed by atoms with Gasteiger partial charge in [0, 0.05) is 17.7 Å². The van der Waals surface area contributed by atoms with Crippen LogP contribution in [0.15, 0.2) is 22.6 Å². The van der Waals surface area contributed by atoms with E-state index < -0.39 is 20.5 Å². The number of allylic oxidation sites excluding steroid dienone is 4. The van der Waals surface area contributed by atoms with Crippen molar-refractivity contribution in [2.75, 3.05) is 0 Å². The lowest BCUT2D eigenvalue weighted by Crippen LogP contribution is -2.57. The van der Waals surface area contributed by atoms with E-state index in [2.05, 4.69) is 13.0 Å². The van der Waals surface area contributed by atoms with Crippen LogP contribution in [0.5, 0.6) is 0 Å². The van der Waals surface area contributed by atoms with Crippen LogP contribution in [-0.2, 0) is 19.4 Å². The van der Waals surface area contributed by atoms with Crippen LogP contribution in [-0.4, -0.2) is 25.2 Å². The molecule has 0 radical (unpaired) electrons. The van der Waals surface area contributed by atoms with E-state index >= 15 is 0 Å². The minimum atomic E-state index is -3.42. The molecule has 0 amide bonds. The van der Waals surface area contributed by atoms with Crippen LogP contribution in [0.2, 0.25) is 0 Å². The first-order valence-electron chi connectivity index (χ1n) is 9.30. The second-order valence-electron chi connectivity index (χ2n) is 8.82. The van der Waals surface area contributed by atoms with E-state index in [-0.39, 0.29) is 22.0 Å². The zero-order chi connectivity index (χ0) is 18.2. The maximum atomic E-state index is 13.0. The summed E-state index contributed by atoms with van der Waals surface area (Å²) in [5.74, 6) is 0.627. The van der Waals surface area contributed by atoms with Gasteiger partial charge in [-0.05, 0) is 55.9 Å². The van der Waals surface area contributed by atoms with Crippen LogP contribution in [0.25, 0.3) is 0 Å². The van der Waals surface area contributed by atoms with Crippen molar-refractivity contribution in [2.24, 2.45) is 22.7 Å². The van der Waals surface area contributed by atoms with Crippen molar-refractivity contribution < 1.29 is 18.0 Å². The first-order chi connectivity index (χ1) is 11.6. The van der Waals surface area contributed by atoms with Crippen LogP contribution in [0.4, 0.5) is 0 Å². The monoisotopic (exact) mass is 362 g/mol. The molecule has 3 aliphatic carbocycles. The Hall–Kier alpha value is -1.23. The molecule has 136 valence electrons. The summed E-state index contributed by atoms with van der Waals surface area (Å²) in [5, 5.41) is -0.642. The standard InChI is InChI=1S/C20H26O4S/c1-12-10-17(22)20(3)16-5-4-13-11-14(21)8-9-19(13,2)15(16)6-7-18(20)25(12,23)24/h6,10,13,16,18H,4-5,7-9,11H2,1-3H3/t13-,16+,18+,19-,20+/m1/s1. The maximum Gasteiger partial charge on any atom is 0.178 e. The average Bonchev–Trinajstić information content (AvgIpc) is 2.54. The third kappa shape index (κ3) is 2.08. The number of Topliss-reactive ketones (excluding diaryl/α,β-unsaturated/α-hetero) is 1. The van der Waals surface area contributed by atoms with Gasteiger partial charge < -0.3 is 0 Å². The second kappa shape index (κ2) is 5.15. The highest BCUT2D eigenvalue weighted by Gasteiger charge is 2.61. The largest absolute Gasteiger partial charge is 0.300 e. The topological polar surface area (TPSA) is 68.3 Å². The Kier molecular flexibility index (Phi) is 3.54. The molecule has 0 saturated heterocycles. The lowest BCUT2D eigenvalue weighted by atomic mass is 9.48. The van der Waals surface area contributed by atoms with Crippen LogP contribution >= 0.6 is 0 Å². The second-order valence-corrected chi connectivity index (χ2v) is 11.1. The quantitative estimate of drug-likeness (QED) is 0.620. The molecule has 1 heterocycles. The van der Waals surface area contributed by atoms with Crippen molar-refractivity contribution in [3.05, 3.63) is 22.6 Å². The number of hydrogen-bond acceptors (Lipinski definition) is 4. The van der Waals surface area contributed by atoms with Gasteiger partial charge in [-0.15, -0.1) is 0 Å². The van der Waals surface area contributed by atoms with Gasteiger partial charge in [0.25, 0.3) is 0 Å². The molecule has 5 heteroatoms. The van der Waals surface area contributed by atoms with Crippen molar-refractivity contribution in [3.63, 3.8) is 0 Å².